The Balaban J connectivity index is 1.39. The minimum Gasteiger partial charge on any atom is -0.372 e. The number of hydrogen-bond acceptors (Lipinski definition) is 3. The van der Waals surface area contributed by atoms with Gasteiger partial charge in [-0.05, 0) is 35.9 Å². The van der Waals surface area contributed by atoms with Gasteiger partial charge in [0.2, 0.25) is 0 Å². The molecular formula is C24H26N4O2. The summed E-state index contributed by atoms with van der Waals surface area (Å²) in [6.45, 7) is 2.10. The molecule has 154 valence electrons. The number of amides is 1. The molecule has 0 aliphatic carbocycles. The van der Waals surface area contributed by atoms with Crippen LogP contribution in [0, 0.1) is 0 Å². The normalized spacial score (nSPS) is 12.3. The van der Waals surface area contributed by atoms with E-state index >= 15 is 0 Å². The van der Waals surface area contributed by atoms with E-state index < -0.39 is 5.91 Å². The van der Waals surface area contributed by atoms with E-state index in [1.807, 2.05) is 22.8 Å². The lowest BCUT2D eigenvalue weighted by atomic mass is 10.1. The van der Waals surface area contributed by atoms with E-state index in [1.165, 1.54) is 10.9 Å². The molecule has 0 saturated heterocycles. The van der Waals surface area contributed by atoms with Crippen LogP contribution in [0.25, 0.3) is 10.9 Å². The first-order valence-corrected chi connectivity index (χ1v) is 10.2. The van der Waals surface area contributed by atoms with E-state index in [0.29, 0.717) is 13.2 Å². The highest BCUT2D eigenvalue weighted by Gasteiger charge is 2.13. The van der Waals surface area contributed by atoms with Gasteiger partial charge in [-0.25, -0.2) is 4.98 Å². The number of primary amides is 1. The SMILES string of the molecule is NC(=O)c1cn(CC(CCCn2ccc3ccccc32)OCc2ccccc2)cn1. The maximum atomic E-state index is 11.3. The van der Waals surface area contributed by atoms with Gasteiger partial charge in [-0.2, -0.15) is 0 Å². The lowest BCUT2D eigenvalue weighted by Crippen LogP contribution is -2.20. The van der Waals surface area contributed by atoms with Crippen molar-refractivity contribution in [2.75, 3.05) is 0 Å². The van der Waals surface area contributed by atoms with E-state index in [-0.39, 0.29) is 11.8 Å². The number of fused-ring (bicyclic) bond motifs is 1. The second-order valence-electron chi connectivity index (χ2n) is 7.45. The highest BCUT2D eigenvalue weighted by Crippen LogP contribution is 2.17. The highest BCUT2D eigenvalue weighted by atomic mass is 16.5. The first kappa shape index (κ1) is 19.9. The number of carbonyl (C=O) groups excluding carboxylic acids is 1. The molecule has 4 rings (SSSR count). The number of para-hydroxylation sites is 1. The molecule has 0 aliphatic heterocycles. The second kappa shape index (κ2) is 9.41. The number of benzene rings is 2. The second-order valence-corrected chi connectivity index (χ2v) is 7.45. The van der Waals surface area contributed by atoms with Gasteiger partial charge in [0, 0.05) is 31.0 Å². The van der Waals surface area contributed by atoms with Crippen LogP contribution in [0.15, 0.2) is 79.4 Å². The molecule has 6 heteroatoms. The minimum atomic E-state index is -0.519. The Labute approximate surface area is 175 Å². The zero-order valence-corrected chi connectivity index (χ0v) is 16.9. The number of ether oxygens (including phenoxy) is 1. The van der Waals surface area contributed by atoms with Gasteiger partial charge in [0.1, 0.15) is 5.69 Å². The summed E-state index contributed by atoms with van der Waals surface area (Å²) < 4.78 is 10.4. The van der Waals surface area contributed by atoms with Crippen LogP contribution < -0.4 is 5.73 Å². The van der Waals surface area contributed by atoms with Crippen LogP contribution in [-0.4, -0.2) is 26.1 Å². The summed E-state index contributed by atoms with van der Waals surface area (Å²) in [4.78, 5) is 15.4. The monoisotopic (exact) mass is 402 g/mol. The van der Waals surface area contributed by atoms with Crippen LogP contribution in [0.1, 0.15) is 28.9 Å². The zero-order valence-electron chi connectivity index (χ0n) is 16.9. The number of nitrogens with two attached hydrogens (primary N) is 1. The van der Waals surface area contributed by atoms with Crippen molar-refractivity contribution in [3.63, 3.8) is 0 Å². The number of aryl methyl sites for hydroxylation is 1. The fourth-order valence-electron chi connectivity index (χ4n) is 3.66. The third kappa shape index (κ3) is 4.96. The number of hydrogen-bond donors (Lipinski definition) is 1. The van der Waals surface area contributed by atoms with Gasteiger partial charge in [0.05, 0.1) is 19.0 Å². The Kier molecular flexibility index (Phi) is 6.25. The molecular weight excluding hydrogens is 376 g/mol. The predicted molar refractivity (Wildman–Crippen MR) is 117 cm³/mol. The van der Waals surface area contributed by atoms with Crippen LogP contribution in [0.5, 0.6) is 0 Å². The molecule has 0 saturated carbocycles. The standard InChI is InChI=1S/C24H26N4O2/c25-24(29)22-16-27(18-26-22)15-21(30-17-19-7-2-1-3-8-19)10-6-13-28-14-12-20-9-4-5-11-23(20)28/h1-5,7-9,11-12,14,16,18,21H,6,10,13,15,17H2,(H2,25,29). The molecule has 2 heterocycles. The molecule has 2 aromatic carbocycles. The van der Waals surface area contributed by atoms with Crippen LogP contribution in [0.3, 0.4) is 0 Å². The average molecular weight is 402 g/mol. The first-order valence-electron chi connectivity index (χ1n) is 10.2. The number of rotatable bonds is 10. The fourth-order valence-corrected chi connectivity index (χ4v) is 3.66. The molecule has 0 radical (unpaired) electrons. The van der Waals surface area contributed by atoms with Crippen LogP contribution in [0.4, 0.5) is 0 Å². The van der Waals surface area contributed by atoms with Crippen molar-refractivity contribution in [1.29, 1.82) is 0 Å². The molecule has 2 aromatic heterocycles. The molecule has 4 aromatic rings. The summed E-state index contributed by atoms with van der Waals surface area (Å²) in [6, 6.07) is 20.7. The summed E-state index contributed by atoms with van der Waals surface area (Å²) >= 11 is 0. The van der Waals surface area contributed by atoms with Gasteiger partial charge in [-0.15, -0.1) is 0 Å². The molecule has 1 amide bonds. The first-order chi connectivity index (χ1) is 14.7. The predicted octanol–water partition coefficient (Wildman–Crippen LogP) is 4.00. The quantitative estimate of drug-likeness (QED) is 0.436. The molecule has 6 nitrogen and oxygen atoms in total. The number of nitrogens with zero attached hydrogens (tertiary/aromatic N) is 3. The number of carbonyl (C=O) groups is 1. The third-order valence-corrected chi connectivity index (χ3v) is 5.23. The molecule has 30 heavy (non-hydrogen) atoms. The van der Waals surface area contributed by atoms with Gasteiger partial charge in [0.15, 0.2) is 0 Å². The summed E-state index contributed by atoms with van der Waals surface area (Å²) in [5.41, 5.74) is 7.99. The van der Waals surface area contributed by atoms with Crippen molar-refractivity contribution in [2.24, 2.45) is 5.73 Å². The molecule has 0 bridgehead atoms. The van der Waals surface area contributed by atoms with Crippen molar-refractivity contribution in [1.82, 2.24) is 14.1 Å². The maximum Gasteiger partial charge on any atom is 0.268 e. The van der Waals surface area contributed by atoms with Crippen LogP contribution in [0.2, 0.25) is 0 Å². The molecule has 2 N–H and O–H groups in total. The van der Waals surface area contributed by atoms with Gasteiger partial charge < -0.3 is 19.6 Å². The average Bonchev–Trinajstić information content (AvgIpc) is 3.40. The Morgan fingerprint density at radius 1 is 1.07 bits per heavy atom. The van der Waals surface area contributed by atoms with E-state index in [0.717, 1.165) is 24.9 Å². The van der Waals surface area contributed by atoms with Crippen molar-refractivity contribution in [3.8, 4) is 0 Å². The molecule has 1 atom stereocenters. The van der Waals surface area contributed by atoms with Crippen molar-refractivity contribution in [3.05, 3.63) is 90.6 Å². The lowest BCUT2D eigenvalue weighted by molar-refractivity contribution is 0.0218. The minimum absolute atomic E-state index is 0.00181. The number of imidazole rings is 1. The summed E-state index contributed by atoms with van der Waals surface area (Å²) in [6.07, 6.45) is 7.33. The smallest absolute Gasteiger partial charge is 0.268 e. The Bertz CT molecular complexity index is 1100. The van der Waals surface area contributed by atoms with Gasteiger partial charge in [-0.1, -0.05) is 48.5 Å². The van der Waals surface area contributed by atoms with E-state index in [4.69, 9.17) is 10.5 Å². The molecule has 0 fully saturated rings. The lowest BCUT2D eigenvalue weighted by Gasteiger charge is -2.19. The van der Waals surface area contributed by atoms with Gasteiger partial charge >= 0.3 is 0 Å². The van der Waals surface area contributed by atoms with Crippen LogP contribution in [-0.2, 0) is 24.4 Å². The van der Waals surface area contributed by atoms with Crippen molar-refractivity contribution in [2.45, 2.75) is 38.6 Å². The Morgan fingerprint density at radius 2 is 1.87 bits per heavy atom. The Morgan fingerprint density at radius 3 is 2.67 bits per heavy atom. The van der Waals surface area contributed by atoms with E-state index in [1.54, 1.807) is 12.5 Å². The largest absolute Gasteiger partial charge is 0.372 e. The molecule has 0 spiro atoms. The highest BCUT2D eigenvalue weighted by molar-refractivity contribution is 5.90. The third-order valence-electron chi connectivity index (χ3n) is 5.23. The molecule has 0 aliphatic rings. The van der Waals surface area contributed by atoms with Gasteiger partial charge in [-0.3, -0.25) is 4.79 Å². The van der Waals surface area contributed by atoms with Crippen molar-refractivity contribution >= 4 is 16.8 Å². The number of aromatic nitrogens is 3. The van der Waals surface area contributed by atoms with Gasteiger partial charge in [0.25, 0.3) is 5.91 Å². The van der Waals surface area contributed by atoms with Crippen molar-refractivity contribution < 1.29 is 9.53 Å². The zero-order chi connectivity index (χ0) is 20.8. The van der Waals surface area contributed by atoms with E-state index in [9.17, 15) is 4.79 Å². The maximum absolute atomic E-state index is 11.3. The fraction of sp³-hybridized carbons (Fsp3) is 0.250. The summed E-state index contributed by atoms with van der Waals surface area (Å²) in [5, 5.41) is 1.26. The Hall–Kier alpha value is -3.38. The summed E-state index contributed by atoms with van der Waals surface area (Å²) in [7, 11) is 0. The molecule has 1 unspecified atom stereocenters. The van der Waals surface area contributed by atoms with E-state index in [2.05, 4.69) is 58.2 Å². The topological polar surface area (TPSA) is 75.1 Å². The van der Waals surface area contributed by atoms with Crippen LogP contribution >= 0.6 is 0 Å². The summed E-state index contributed by atoms with van der Waals surface area (Å²) in [5.74, 6) is -0.519.